The zero-order valence-corrected chi connectivity index (χ0v) is 14.7. The van der Waals surface area contributed by atoms with Crippen LogP contribution in [0.4, 0.5) is 5.69 Å². The van der Waals surface area contributed by atoms with Crippen molar-refractivity contribution in [1.82, 2.24) is 0 Å². The third-order valence-electron chi connectivity index (χ3n) is 3.76. The minimum Gasteiger partial charge on any atom is -0.496 e. The minimum atomic E-state index is -0.834. The van der Waals surface area contributed by atoms with Gasteiger partial charge in [-0.25, -0.2) is 0 Å². The summed E-state index contributed by atoms with van der Waals surface area (Å²) in [6.45, 7) is 0.344. The molecule has 0 saturated carbocycles. The van der Waals surface area contributed by atoms with Crippen LogP contribution in [0.1, 0.15) is 24.8 Å². The zero-order chi connectivity index (χ0) is 18.8. The SMILES string of the molecule is COc1ccccc1CCC(=O)Nc1ccc(OCCCC(=O)O)cc1. The van der Waals surface area contributed by atoms with Gasteiger partial charge < -0.3 is 19.9 Å². The topological polar surface area (TPSA) is 84.9 Å². The maximum absolute atomic E-state index is 12.1. The van der Waals surface area contributed by atoms with Gasteiger partial charge in [0.05, 0.1) is 13.7 Å². The maximum atomic E-state index is 12.1. The fraction of sp³-hybridized carbons (Fsp3) is 0.300. The standard InChI is InChI=1S/C20H23NO5/c1-25-18-6-3-2-5-15(18)8-13-19(22)21-16-9-11-17(12-10-16)26-14-4-7-20(23)24/h2-3,5-6,9-12H,4,7-8,13-14H2,1H3,(H,21,22)(H,23,24). The summed E-state index contributed by atoms with van der Waals surface area (Å²) >= 11 is 0. The Balaban J connectivity index is 1.77. The van der Waals surface area contributed by atoms with Crippen molar-refractivity contribution in [2.75, 3.05) is 19.0 Å². The Morgan fingerprint density at radius 2 is 1.77 bits per heavy atom. The number of aliphatic carboxylic acids is 1. The van der Waals surface area contributed by atoms with E-state index in [4.69, 9.17) is 14.6 Å². The van der Waals surface area contributed by atoms with E-state index in [0.717, 1.165) is 11.3 Å². The Bertz CT molecular complexity index is 727. The van der Waals surface area contributed by atoms with E-state index in [1.807, 2.05) is 24.3 Å². The third kappa shape index (κ3) is 6.47. The summed E-state index contributed by atoms with van der Waals surface area (Å²) < 4.78 is 10.7. The van der Waals surface area contributed by atoms with Gasteiger partial charge in [0.1, 0.15) is 11.5 Å². The van der Waals surface area contributed by atoms with E-state index in [-0.39, 0.29) is 12.3 Å². The van der Waals surface area contributed by atoms with Crippen LogP contribution in [0.15, 0.2) is 48.5 Å². The molecule has 0 aliphatic carbocycles. The second kappa shape index (κ2) is 10.1. The number of hydrogen-bond donors (Lipinski definition) is 2. The molecule has 2 N–H and O–H groups in total. The summed E-state index contributed by atoms with van der Waals surface area (Å²) in [5, 5.41) is 11.4. The molecule has 2 rings (SSSR count). The number of aryl methyl sites for hydroxylation is 1. The monoisotopic (exact) mass is 357 g/mol. The number of nitrogens with one attached hydrogen (secondary N) is 1. The van der Waals surface area contributed by atoms with Crippen molar-refractivity contribution >= 4 is 17.6 Å². The van der Waals surface area contributed by atoms with Crippen LogP contribution in [0.25, 0.3) is 0 Å². The largest absolute Gasteiger partial charge is 0.496 e. The first kappa shape index (κ1) is 19.3. The van der Waals surface area contributed by atoms with E-state index in [0.29, 0.717) is 37.3 Å². The molecule has 0 heterocycles. The number of amides is 1. The van der Waals surface area contributed by atoms with Gasteiger partial charge in [0.15, 0.2) is 0 Å². The number of carboxylic acids is 1. The van der Waals surface area contributed by atoms with Crippen LogP contribution >= 0.6 is 0 Å². The van der Waals surface area contributed by atoms with E-state index >= 15 is 0 Å². The van der Waals surface area contributed by atoms with Crippen LogP contribution in [0, 0.1) is 0 Å². The first-order chi connectivity index (χ1) is 12.6. The highest BCUT2D eigenvalue weighted by Crippen LogP contribution is 2.20. The lowest BCUT2D eigenvalue weighted by Gasteiger charge is -2.09. The summed E-state index contributed by atoms with van der Waals surface area (Å²) in [5.41, 5.74) is 1.68. The number of hydrogen-bond acceptors (Lipinski definition) is 4. The first-order valence-electron chi connectivity index (χ1n) is 8.45. The second-order valence-electron chi connectivity index (χ2n) is 5.73. The molecule has 2 aromatic rings. The Morgan fingerprint density at radius 1 is 1.04 bits per heavy atom. The van der Waals surface area contributed by atoms with Crippen LogP contribution in [-0.4, -0.2) is 30.7 Å². The van der Waals surface area contributed by atoms with Gasteiger partial charge in [-0.1, -0.05) is 18.2 Å². The van der Waals surface area contributed by atoms with Crippen LogP contribution in [0.3, 0.4) is 0 Å². The average molecular weight is 357 g/mol. The van der Waals surface area contributed by atoms with Gasteiger partial charge in [0.25, 0.3) is 0 Å². The highest BCUT2D eigenvalue weighted by Gasteiger charge is 2.07. The summed E-state index contributed by atoms with van der Waals surface area (Å²) in [6.07, 6.45) is 1.49. The second-order valence-corrected chi connectivity index (χ2v) is 5.73. The van der Waals surface area contributed by atoms with E-state index in [1.165, 1.54) is 0 Å². The smallest absolute Gasteiger partial charge is 0.303 e. The number of rotatable bonds is 10. The molecule has 0 spiro atoms. The Labute approximate surface area is 152 Å². The van der Waals surface area contributed by atoms with Gasteiger partial charge in [-0.15, -0.1) is 0 Å². The van der Waals surface area contributed by atoms with E-state index in [9.17, 15) is 9.59 Å². The third-order valence-corrected chi connectivity index (χ3v) is 3.76. The predicted octanol–water partition coefficient (Wildman–Crippen LogP) is 3.51. The molecule has 0 aromatic heterocycles. The van der Waals surface area contributed by atoms with E-state index < -0.39 is 5.97 Å². The molecule has 1 amide bonds. The summed E-state index contributed by atoms with van der Waals surface area (Å²) in [6, 6.07) is 14.7. The lowest BCUT2D eigenvalue weighted by molar-refractivity contribution is -0.137. The Hall–Kier alpha value is -3.02. The molecule has 0 atom stereocenters. The number of para-hydroxylation sites is 1. The lowest BCUT2D eigenvalue weighted by atomic mass is 10.1. The Morgan fingerprint density at radius 3 is 2.46 bits per heavy atom. The fourth-order valence-electron chi connectivity index (χ4n) is 2.43. The zero-order valence-electron chi connectivity index (χ0n) is 14.7. The van der Waals surface area contributed by atoms with Gasteiger partial charge in [-0.3, -0.25) is 9.59 Å². The van der Waals surface area contributed by atoms with Crippen LogP contribution < -0.4 is 14.8 Å². The van der Waals surface area contributed by atoms with Crippen molar-refractivity contribution in [3.05, 3.63) is 54.1 Å². The molecule has 0 bridgehead atoms. The van der Waals surface area contributed by atoms with Gasteiger partial charge in [0.2, 0.25) is 5.91 Å². The fourth-order valence-corrected chi connectivity index (χ4v) is 2.43. The number of ether oxygens (including phenoxy) is 2. The molecule has 0 radical (unpaired) electrons. The van der Waals surface area contributed by atoms with Crippen molar-refractivity contribution < 1.29 is 24.2 Å². The average Bonchev–Trinajstić information content (AvgIpc) is 2.65. The molecule has 0 aliphatic rings. The highest BCUT2D eigenvalue weighted by molar-refractivity contribution is 5.90. The molecule has 0 unspecified atom stereocenters. The van der Waals surface area contributed by atoms with Crippen molar-refractivity contribution in [1.29, 1.82) is 0 Å². The molecule has 6 heteroatoms. The molecule has 138 valence electrons. The van der Waals surface area contributed by atoms with E-state index in [1.54, 1.807) is 31.4 Å². The first-order valence-corrected chi connectivity index (χ1v) is 8.45. The molecule has 0 saturated heterocycles. The predicted molar refractivity (Wildman–Crippen MR) is 98.8 cm³/mol. The molecular formula is C20H23NO5. The highest BCUT2D eigenvalue weighted by atomic mass is 16.5. The Kier molecular flexibility index (Phi) is 7.49. The van der Waals surface area contributed by atoms with Crippen LogP contribution in [-0.2, 0) is 16.0 Å². The normalized spacial score (nSPS) is 10.2. The van der Waals surface area contributed by atoms with Crippen molar-refractivity contribution in [2.24, 2.45) is 0 Å². The van der Waals surface area contributed by atoms with Gasteiger partial charge in [0, 0.05) is 18.5 Å². The maximum Gasteiger partial charge on any atom is 0.303 e. The van der Waals surface area contributed by atoms with Crippen molar-refractivity contribution in [2.45, 2.75) is 25.7 Å². The summed E-state index contributed by atoms with van der Waals surface area (Å²) in [4.78, 5) is 22.5. The number of carboxylic acid groups (broad SMARTS) is 1. The van der Waals surface area contributed by atoms with Gasteiger partial charge in [-0.05, 0) is 48.7 Å². The van der Waals surface area contributed by atoms with E-state index in [2.05, 4.69) is 5.32 Å². The van der Waals surface area contributed by atoms with Gasteiger partial charge >= 0.3 is 5.97 Å². The molecule has 0 aliphatic heterocycles. The number of anilines is 1. The lowest BCUT2D eigenvalue weighted by Crippen LogP contribution is -2.12. The molecule has 2 aromatic carbocycles. The van der Waals surface area contributed by atoms with Gasteiger partial charge in [-0.2, -0.15) is 0 Å². The molecular weight excluding hydrogens is 334 g/mol. The quantitative estimate of drug-likeness (QED) is 0.636. The van der Waals surface area contributed by atoms with Crippen molar-refractivity contribution in [3.8, 4) is 11.5 Å². The number of methoxy groups -OCH3 is 1. The van der Waals surface area contributed by atoms with Crippen LogP contribution in [0.5, 0.6) is 11.5 Å². The number of carbonyl (C=O) groups excluding carboxylic acids is 1. The summed E-state index contributed by atoms with van der Waals surface area (Å²) in [7, 11) is 1.62. The van der Waals surface area contributed by atoms with Crippen molar-refractivity contribution in [3.63, 3.8) is 0 Å². The van der Waals surface area contributed by atoms with Crippen LogP contribution in [0.2, 0.25) is 0 Å². The molecule has 6 nitrogen and oxygen atoms in total. The number of benzene rings is 2. The number of carbonyl (C=O) groups is 2. The summed E-state index contributed by atoms with van der Waals surface area (Å²) in [5.74, 6) is 0.512. The molecule has 0 fully saturated rings. The molecule has 26 heavy (non-hydrogen) atoms. The minimum absolute atomic E-state index is 0.0777.